The second-order valence-corrected chi connectivity index (χ2v) is 6.61. The number of nitrogens with zero attached hydrogens (tertiary/aromatic N) is 2. The monoisotopic (exact) mass is 393 g/mol. The summed E-state index contributed by atoms with van der Waals surface area (Å²) in [4.78, 5) is 32.0. The highest BCUT2D eigenvalue weighted by Gasteiger charge is 2.17. The van der Waals surface area contributed by atoms with Gasteiger partial charge in [-0.25, -0.2) is 9.78 Å². The maximum absolute atomic E-state index is 12.6. The standard InChI is InChI=1S/C21H16ClN3O3/c1-13-20(14-6-2-3-7-15(14)23-13)17(26)12-28-19(27)10-9-16-21(22)24-18-8-4-5-11-25(16)18/h2-11,23H,12H2,1H3/b10-9+. The second-order valence-electron chi connectivity index (χ2n) is 6.25. The zero-order valence-electron chi connectivity index (χ0n) is 15.0. The van der Waals surface area contributed by atoms with Crippen molar-refractivity contribution < 1.29 is 14.3 Å². The third-order valence-electron chi connectivity index (χ3n) is 4.42. The van der Waals surface area contributed by atoms with Crippen LogP contribution in [0.25, 0.3) is 22.6 Å². The van der Waals surface area contributed by atoms with Crippen LogP contribution in [0.1, 0.15) is 21.7 Å². The number of H-pyrrole nitrogens is 1. The van der Waals surface area contributed by atoms with Crippen LogP contribution in [0, 0.1) is 6.92 Å². The number of carbonyl (C=O) groups is 2. The van der Waals surface area contributed by atoms with Gasteiger partial charge in [0.05, 0.1) is 5.69 Å². The second kappa shape index (κ2) is 7.32. The minimum absolute atomic E-state index is 0.260. The van der Waals surface area contributed by atoms with Crippen molar-refractivity contribution in [3.8, 4) is 0 Å². The van der Waals surface area contributed by atoms with Gasteiger partial charge in [-0.05, 0) is 31.2 Å². The molecule has 0 fully saturated rings. The molecule has 3 heterocycles. The van der Waals surface area contributed by atoms with Crippen LogP contribution in [0.15, 0.2) is 54.7 Å². The van der Waals surface area contributed by atoms with Crippen LogP contribution in [0.4, 0.5) is 0 Å². The zero-order valence-corrected chi connectivity index (χ0v) is 15.7. The van der Waals surface area contributed by atoms with Crippen LogP contribution < -0.4 is 0 Å². The first-order valence-corrected chi connectivity index (χ1v) is 9.00. The number of carbonyl (C=O) groups excluding carboxylic acids is 2. The van der Waals surface area contributed by atoms with Crippen LogP contribution in [0.5, 0.6) is 0 Å². The fourth-order valence-electron chi connectivity index (χ4n) is 3.18. The number of imidazole rings is 1. The highest BCUT2D eigenvalue weighted by atomic mass is 35.5. The Labute approximate surface area is 165 Å². The summed E-state index contributed by atoms with van der Waals surface area (Å²) in [5.74, 6) is -0.891. The number of rotatable bonds is 5. The Morgan fingerprint density at radius 3 is 2.86 bits per heavy atom. The minimum atomic E-state index is -0.632. The molecule has 28 heavy (non-hydrogen) atoms. The Morgan fingerprint density at radius 1 is 1.21 bits per heavy atom. The van der Waals surface area contributed by atoms with E-state index in [1.165, 1.54) is 12.2 Å². The molecule has 0 aliphatic rings. The summed E-state index contributed by atoms with van der Waals surface area (Å²) >= 11 is 6.13. The van der Waals surface area contributed by atoms with Gasteiger partial charge in [0.15, 0.2) is 11.8 Å². The number of aryl methyl sites for hydroxylation is 1. The molecule has 0 aliphatic carbocycles. The Morgan fingerprint density at radius 2 is 2.00 bits per heavy atom. The lowest BCUT2D eigenvalue weighted by atomic mass is 10.1. The molecule has 0 unspecified atom stereocenters. The van der Waals surface area contributed by atoms with Gasteiger partial charge in [-0.15, -0.1) is 0 Å². The Bertz CT molecular complexity index is 1240. The van der Waals surface area contributed by atoms with Crippen LogP contribution in [0.3, 0.4) is 0 Å². The molecule has 4 rings (SSSR count). The smallest absolute Gasteiger partial charge is 0.331 e. The number of Topliss-reactive ketones (excluding diaryl/α,β-unsaturated/α-hetero) is 1. The molecule has 0 atom stereocenters. The Hall–Kier alpha value is -3.38. The molecule has 0 radical (unpaired) electrons. The average molecular weight is 394 g/mol. The fraction of sp³-hybridized carbons (Fsp3) is 0.0952. The normalized spacial score (nSPS) is 11.5. The number of fused-ring (bicyclic) bond motifs is 2. The van der Waals surface area contributed by atoms with E-state index in [2.05, 4.69) is 9.97 Å². The number of aromatic amines is 1. The summed E-state index contributed by atoms with van der Waals surface area (Å²) in [6.07, 6.45) is 4.55. The van der Waals surface area contributed by atoms with Crippen molar-refractivity contribution in [1.29, 1.82) is 0 Å². The lowest BCUT2D eigenvalue weighted by Gasteiger charge is -2.02. The van der Waals surface area contributed by atoms with Crippen LogP contribution in [-0.2, 0) is 9.53 Å². The van der Waals surface area contributed by atoms with Crippen molar-refractivity contribution in [3.63, 3.8) is 0 Å². The summed E-state index contributed by atoms with van der Waals surface area (Å²) in [7, 11) is 0. The number of para-hydroxylation sites is 1. The van der Waals surface area contributed by atoms with Gasteiger partial charge in [0.2, 0.25) is 5.78 Å². The number of esters is 1. The predicted molar refractivity (Wildman–Crippen MR) is 108 cm³/mol. The molecule has 0 saturated carbocycles. The van der Waals surface area contributed by atoms with Crippen molar-refractivity contribution in [3.05, 3.63) is 76.8 Å². The van der Waals surface area contributed by atoms with Crippen LogP contribution in [-0.4, -0.2) is 32.7 Å². The largest absolute Gasteiger partial charge is 0.454 e. The van der Waals surface area contributed by atoms with E-state index in [4.69, 9.17) is 16.3 Å². The highest BCUT2D eigenvalue weighted by Crippen LogP contribution is 2.22. The number of benzene rings is 1. The molecule has 3 aromatic heterocycles. The zero-order chi connectivity index (χ0) is 19.7. The van der Waals surface area contributed by atoms with E-state index in [9.17, 15) is 9.59 Å². The first kappa shape index (κ1) is 18.0. The molecule has 140 valence electrons. The van der Waals surface area contributed by atoms with Crippen LogP contribution >= 0.6 is 11.6 Å². The Balaban J connectivity index is 1.47. The van der Waals surface area contributed by atoms with Gasteiger partial charge in [0, 0.05) is 34.4 Å². The Kier molecular flexibility index (Phi) is 4.71. The van der Waals surface area contributed by atoms with Gasteiger partial charge in [0.1, 0.15) is 5.65 Å². The number of hydrogen-bond acceptors (Lipinski definition) is 4. The average Bonchev–Trinajstić information content (AvgIpc) is 3.19. The van der Waals surface area contributed by atoms with E-state index >= 15 is 0 Å². The maximum Gasteiger partial charge on any atom is 0.331 e. The number of aromatic nitrogens is 3. The van der Waals surface area contributed by atoms with E-state index in [-0.39, 0.29) is 17.5 Å². The van der Waals surface area contributed by atoms with Crippen molar-refractivity contribution in [1.82, 2.24) is 14.4 Å². The van der Waals surface area contributed by atoms with E-state index in [0.29, 0.717) is 16.9 Å². The lowest BCUT2D eigenvalue weighted by Crippen LogP contribution is -2.13. The molecular weight excluding hydrogens is 378 g/mol. The number of ether oxygens (including phenoxy) is 1. The van der Waals surface area contributed by atoms with Crippen molar-refractivity contribution in [2.24, 2.45) is 0 Å². The van der Waals surface area contributed by atoms with E-state index in [1.807, 2.05) is 49.4 Å². The molecule has 0 amide bonds. The van der Waals surface area contributed by atoms with Crippen LogP contribution in [0.2, 0.25) is 5.15 Å². The molecule has 7 heteroatoms. The SMILES string of the molecule is Cc1[nH]c2ccccc2c1C(=O)COC(=O)/C=C/c1c(Cl)nc2ccccn12. The molecule has 0 bridgehead atoms. The van der Waals surface area contributed by atoms with Crippen molar-refractivity contribution >= 4 is 46.0 Å². The maximum atomic E-state index is 12.6. The molecule has 4 aromatic rings. The topological polar surface area (TPSA) is 76.5 Å². The summed E-state index contributed by atoms with van der Waals surface area (Å²) in [6, 6.07) is 13.0. The van der Waals surface area contributed by atoms with E-state index in [1.54, 1.807) is 10.6 Å². The number of hydrogen-bond donors (Lipinski definition) is 1. The summed E-state index contributed by atoms with van der Waals surface area (Å²) in [6.45, 7) is 1.48. The highest BCUT2D eigenvalue weighted by molar-refractivity contribution is 6.31. The molecule has 6 nitrogen and oxygen atoms in total. The lowest BCUT2D eigenvalue weighted by molar-refractivity contribution is -0.136. The molecule has 0 saturated heterocycles. The van der Waals surface area contributed by atoms with Gasteiger partial charge < -0.3 is 9.72 Å². The van der Waals surface area contributed by atoms with Gasteiger partial charge in [-0.2, -0.15) is 0 Å². The number of nitrogens with one attached hydrogen (secondary N) is 1. The first-order chi connectivity index (χ1) is 13.5. The molecule has 1 N–H and O–H groups in total. The molecular formula is C21H16ClN3O3. The van der Waals surface area contributed by atoms with Gasteiger partial charge in [0.25, 0.3) is 0 Å². The predicted octanol–water partition coefficient (Wildman–Crippen LogP) is 4.22. The van der Waals surface area contributed by atoms with E-state index < -0.39 is 5.97 Å². The minimum Gasteiger partial charge on any atom is -0.454 e. The number of pyridine rings is 1. The van der Waals surface area contributed by atoms with Gasteiger partial charge in [-0.3, -0.25) is 9.20 Å². The number of halogens is 1. The summed E-state index contributed by atoms with van der Waals surface area (Å²) < 4.78 is 6.88. The van der Waals surface area contributed by atoms with Crippen molar-refractivity contribution in [2.45, 2.75) is 6.92 Å². The van der Waals surface area contributed by atoms with E-state index in [0.717, 1.165) is 16.6 Å². The molecule has 0 spiro atoms. The molecule has 1 aromatic carbocycles. The summed E-state index contributed by atoms with van der Waals surface area (Å²) in [5.41, 5.74) is 3.39. The first-order valence-electron chi connectivity index (χ1n) is 8.62. The van der Waals surface area contributed by atoms with Gasteiger partial charge in [-0.1, -0.05) is 35.9 Å². The fourth-order valence-corrected chi connectivity index (χ4v) is 3.42. The quantitative estimate of drug-likeness (QED) is 0.313. The third kappa shape index (κ3) is 3.30. The third-order valence-corrected chi connectivity index (χ3v) is 4.70. The summed E-state index contributed by atoms with van der Waals surface area (Å²) in [5, 5.41) is 1.09. The van der Waals surface area contributed by atoms with Crippen molar-refractivity contribution in [2.75, 3.05) is 6.61 Å². The number of ketones is 1. The van der Waals surface area contributed by atoms with Gasteiger partial charge >= 0.3 is 5.97 Å². The molecule has 0 aliphatic heterocycles.